The Balaban J connectivity index is 2.11. The zero-order chi connectivity index (χ0) is 14.5. The standard InChI is InChI=1S/C16H13FN2O/c1-11-3-2-4-12(7-11)8-16(20)19-15-6-5-14(17)9-13(15)10-18/h2-7,9H,8H2,1H3,(H,19,20). The van der Waals surface area contributed by atoms with Gasteiger partial charge in [0.15, 0.2) is 0 Å². The van der Waals surface area contributed by atoms with Crippen molar-refractivity contribution < 1.29 is 9.18 Å². The fraction of sp³-hybridized carbons (Fsp3) is 0.125. The van der Waals surface area contributed by atoms with E-state index in [1.807, 2.05) is 37.3 Å². The Morgan fingerprint density at radius 1 is 1.30 bits per heavy atom. The third kappa shape index (κ3) is 3.42. The molecule has 2 aromatic carbocycles. The maximum absolute atomic E-state index is 13.0. The summed E-state index contributed by atoms with van der Waals surface area (Å²) in [6.45, 7) is 1.95. The summed E-state index contributed by atoms with van der Waals surface area (Å²) in [4.78, 5) is 11.9. The van der Waals surface area contributed by atoms with Gasteiger partial charge < -0.3 is 5.32 Å². The van der Waals surface area contributed by atoms with Crippen molar-refractivity contribution in [1.29, 1.82) is 5.26 Å². The number of nitrogens with zero attached hydrogens (tertiary/aromatic N) is 1. The van der Waals surface area contributed by atoms with Crippen LogP contribution < -0.4 is 5.32 Å². The molecule has 0 fully saturated rings. The van der Waals surface area contributed by atoms with Crippen LogP contribution in [0, 0.1) is 24.1 Å². The first-order valence-corrected chi connectivity index (χ1v) is 6.13. The number of halogens is 1. The number of amides is 1. The second-order valence-electron chi connectivity index (χ2n) is 4.52. The largest absolute Gasteiger partial charge is 0.325 e. The van der Waals surface area contributed by atoms with Gasteiger partial charge in [-0.25, -0.2) is 4.39 Å². The highest BCUT2D eigenvalue weighted by atomic mass is 19.1. The van der Waals surface area contributed by atoms with Gasteiger partial charge >= 0.3 is 0 Å². The monoisotopic (exact) mass is 268 g/mol. The van der Waals surface area contributed by atoms with Gasteiger partial charge in [0.1, 0.15) is 11.9 Å². The average molecular weight is 268 g/mol. The van der Waals surface area contributed by atoms with E-state index in [4.69, 9.17) is 5.26 Å². The van der Waals surface area contributed by atoms with Crippen LogP contribution in [0.4, 0.5) is 10.1 Å². The molecule has 0 aliphatic carbocycles. The first kappa shape index (κ1) is 13.8. The average Bonchev–Trinajstić information content (AvgIpc) is 2.40. The van der Waals surface area contributed by atoms with Gasteiger partial charge in [0.05, 0.1) is 17.7 Å². The van der Waals surface area contributed by atoms with Gasteiger partial charge in [-0.2, -0.15) is 5.26 Å². The van der Waals surface area contributed by atoms with Gasteiger partial charge in [0, 0.05) is 0 Å². The molecule has 0 aliphatic rings. The van der Waals surface area contributed by atoms with Crippen molar-refractivity contribution in [3.8, 4) is 6.07 Å². The number of nitriles is 1. The molecule has 3 nitrogen and oxygen atoms in total. The molecular weight excluding hydrogens is 255 g/mol. The van der Waals surface area contributed by atoms with Gasteiger partial charge in [-0.15, -0.1) is 0 Å². The van der Waals surface area contributed by atoms with E-state index >= 15 is 0 Å². The SMILES string of the molecule is Cc1cccc(CC(=O)Nc2ccc(F)cc2C#N)c1. The Labute approximate surface area is 116 Å². The van der Waals surface area contributed by atoms with Crippen molar-refractivity contribution in [2.75, 3.05) is 5.32 Å². The number of rotatable bonds is 3. The Morgan fingerprint density at radius 3 is 2.80 bits per heavy atom. The fourth-order valence-electron chi connectivity index (χ4n) is 1.92. The molecule has 0 radical (unpaired) electrons. The van der Waals surface area contributed by atoms with Crippen LogP contribution in [0.3, 0.4) is 0 Å². The predicted octanol–water partition coefficient (Wildman–Crippen LogP) is 3.19. The van der Waals surface area contributed by atoms with Crippen molar-refractivity contribution in [1.82, 2.24) is 0 Å². The van der Waals surface area contributed by atoms with E-state index in [0.717, 1.165) is 17.2 Å². The lowest BCUT2D eigenvalue weighted by molar-refractivity contribution is -0.115. The molecule has 0 spiro atoms. The molecule has 0 aliphatic heterocycles. The predicted molar refractivity (Wildman–Crippen MR) is 74.6 cm³/mol. The van der Waals surface area contributed by atoms with Crippen LogP contribution in [0.15, 0.2) is 42.5 Å². The molecule has 0 heterocycles. The van der Waals surface area contributed by atoms with Crippen molar-refractivity contribution in [2.45, 2.75) is 13.3 Å². The van der Waals surface area contributed by atoms with Gasteiger partial charge in [0.25, 0.3) is 0 Å². The van der Waals surface area contributed by atoms with Crippen LogP contribution >= 0.6 is 0 Å². The molecule has 0 atom stereocenters. The second kappa shape index (κ2) is 5.98. The number of carbonyl (C=O) groups excluding carboxylic acids is 1. The third-order valence-electron chi connectivity index (χ3n) is 2.82. The highest BCUT2D eigenvalue weighted by Crippen LogP contribution is 2.16. The van der Waals surface area contributed by atoms with E-state index < -0.39 is 5.82 Å². The van der Waals surface area contributed by atoms with Crippen molar-refractivity contribution in [3.05, 3.63) is 65.0 Å². The first-order chi connectivity index (χ1) is 9.58. The zero-order valence-corrected chi connectivity index (χ0v) is 11.0. The van der Waals surface area contributed by atoms with Gasteiger partial charge in [-0.05, 0) is 30.7 Å². The molecule has 1 amide bonds. The lowest BCUT2D eigenvalue weighted by atomic mass is 10.1. The lowest BCUT2D eigenvalue weighted by Crippen LogP contribution is -2.15. The molecule has 0 saturated carbocycles. The lowest BCUT2D eigenvalue weighted by Gasteiger charge is -2.07. The Bertz CT molecular complexity index is 689. The summed E-state index contributed by atoms with van der Waals surface area (Å²) in [5.41, 5.74) is 2.41. The summed E-state index contributed by atoms with van der Waals surface area (Å²) >= 11 is 0. The minimum absolute atomic E-state index is 0.114. The first-order valence-electron chi connectivity index (χ1n) is 6.13. The summed E-state index contributed by atoms with van der Waals surface area (Å²) in [6, 6.07) is 13.2. The molecule has 0 saturated heterocycles. The van der Waals surface area contributed by atoms with Crippen molar-refractivity contribution in [2.24, 2.45) is 0 Å². The number of aryl methyl sites for hydroxylation is 1. The smallest absolute Gasteiger partial charge is 0.228 e. The number of benzene rings is 2. The maximum atomic E-state index is 13.0. The van der Waals surface area contributed by atoms with Crippen LogP contribution in [0.5, 0.6) is 0 Å². The van der Waals surface area contributed by atoms with Gasteiger partial charge in [-0.3, -0.25) is 4.79 Å². The molecule has 20 heavy (non-hydrogen) atoms. The summed E-state index contributed by atoms with van der Waals surface area (Å²) in [6.07, 6.45) is 0.212. The molecule has 2 aromatic rings. The third-order valence-corrected chi connectivity index (χ3v) is 2.82. The summed E-state index contributed by atoms with van der Waals surface area (Å²) < 4.78 is 13.0. The van der Waals surface area contributed by atoms with Crippen LogP contribution in [0.2, 0.25) is 0 Å². The van der Waals surface area contributed by atoms with E-state index in [1.54, 1.807) is 0 Å². The van der Waals surface area contributed by atoms with Gasteiger partial charge in [-0.1, -0.05) is 29.8 Å². The number of anilines is 1. The molecule has 0 bridgehead atoms. The molecule has 2 rings (SSSR count). The van der Waals surface area contributed by atoms with E-state index in [-0.39, 0.29) is 17.9 Å². The minimum atomic E-state index is -0.502. The Morgan fingerprint density at radius 2 is 2.10 bits per heavy atom. The van der Waals surface area contributed by atoms with Crippen molar-refractivity contribution >= 4 is 11.6 Å². The number of nitrogens with one attached hydrogen (secondary N) is 1. The summed E-state index contributed by atoms with van der Waals surface area (Å²) in [7, 11) is 0. The van der Waals surface area contributed by atoms with Gasteiger partial charge in [0.2, 0.25) is 5.91 Å². The normalized spacial score (nSPS) is 9.85. The molecule has 1 N–H and O–H groups in total. The van der Waals surface area contributed by atoms with Crippen LogP contribution in [-0.2, 0) is 11.2 Å². The van der Waals surface area contributed by atoms with E-state index in [2.05, 4.69) is 5.32 Å². The molecule has 100 valence electrons. The number of hydrogen-bond acceptors (Lipinski definition) is 2. The number of carbonyl (C=O) groups is 1. The number of hydrogen-bond donors (Lipinski definition) is 1. The zero-order valence-electron chi connectivity index (χ0n) is 11.0. The topological polar surface area (TPSA) is 52.9 Å². The van der Waals surface area contributed by atoms with Crippen LogP contribution in [-0.4, -0.2) is 5.91 Å². The minimum Gasteiger partial charge on any atom is -0.325 e. The Kier molecular flexibility index (Phi) is 4.11. The van der Waals surface area contributed by atoms with E-state index in [1.165, 1.54) is 12.1 Å². The molecule has 0 aromatic heterocycles. The van der Waals surface area contributed by atoms with E-state index in [9.17, 15) is 9.18 Å². The summed E-state index contributed by atoms with van der Waals surface area (Å²) in [5.74, 6) is -0.739. The highest BCUT2D eigenvalue weighted by molar-refractivity contribution is 5.93. The fourth-order valence-corrected chi connectivity index (χ4v) is 1.92. The van der Waals surface area contributed by atoms with Crippen LogP contribution in [0.1, 0.15) is 16.7 Å². The van der Waals surface area contributed by atoms with E-state index in [0.29, 0.717) is 5.69 Å². The summed E-state index contributed by atoms with van der Waals surface area (Å²) in [5, 5.41) is 11.5. The second-order valence-corrected chi connectivity index (χ2v) is 4.52. The molecule has 4 heteroatoms. The van der Waals surface area contributed by atoms with Crippen LogP contribution in [0.25, 0.3) is 0 Å². The Hall–Kier alpha value is -2.67. The quantitative estimate of drug-likeness (QED) is 0.929. The molecular formula is C16H13FN2O. The highest BCUT2D eigenvalue weighted by Gasteiger charge is 2.08. The van der Waals surface area contributed by atoms with Crippen molar-refractivity contribution in [3.63, 3.8) is 0 Å². The molecule has 0 unspecified atom stereocenters. The maximum Gasteiger partial charge on any atom is 0.228 e.